The number of nitrogens with zero attached hydrogens (tertiary/aromatic N) is 1. The van der Waals surface area contributed by atoms with E-state index in [0.717, 1.165) is 12.0 Å². The first-order chi connectivity index (χ1) is 6.95. The van der Waals surface area contributed by atoms with Crippen LogP contribution in [-0.2, 0) is 0 Å². The van der Waals surface area contributed by atoms with E-state index < -0.39 is 0 Å². The molecule has 2 saturated heterocycles. The Morgan fingerprint density at radius 3 is 2.86 bits per heavy atom. The zero-order valence-electron chi connectivity index (χ0n) is 8.32. The van der Waals surface area contributed by atoms with E-state index in [-0.39, 0.29) is 0 Å². The molecule has 0 bridgehead atoms. The number of hydrogen-bond donors (Lipinski definition) is 1. The number of hydrogen-bond acceptors (Lipinski definition) is 2. The van der Waals surface area contributed by atoms with E-state index in [1.807, 2.05) is 0 Å². The lowest BCUT2D eigenvalue weighted by Gasteiger charge is -2.25. The Bertz CT molecular complexity index is 309. The van der Waals surface area contributed by atoms with Gasteiger partial charge in [0.2, 0.25) is 0 Å². The third kappa shape index (κ3) is 1.22. The Hall–Kier alpha value is -1.02. The van der Waals surface area contributed by atoms with E-state index in [0.29, 0.717) is 0 Å². The Kier molecular flexibility index (Phi) is 1.95. The van der Waals surface area contributed by atoms with Gasteiger partial charge in [-0.15, -0.1) is 0 Å². The first-order valence-electron chi connectivity index (χ1n) is 5.47. The molecule has 2 heterocycles. The smallest absolute Gasteiger partial charge is 0.0455 e. The predicted octanol–water partition coefficient (Wildman–Crippen LogP) is 1.48. The summed E-state index contributed by atoms with van der Waals surface area (Å²) < 4.78 is 0. The quantitative estimate of drug-likeness (QED) is 0.718. The minimum absolute atomic E-state index is 0.748. The summed E-state index contributed by atoms with van der Waals surface area (Å²) in [7, 11) is 0. The maximum atomic E-state index is 3.48. The lowest BCUT2D eigenvalue weighted by molar-refractivity contribution is 0.579. The highest BCUT2D eigenvalue weighted by atomic mass is 15.2. The van der Waals surface area contributed by atoms with E-state index in [1.165, 1.54) is 31.7 Å². The minimum atomic E-state index is 0.748. The molecule has 0 spiro atoms. The summed E-state index contributed by atoms with van der Waals surface area (Å²) >= 11 is 0. The molecular weight excluding hydrogens is 172 g/mol. The predicted molar refractivity (Wildman–Crippen MR) is 58.6 cm³/mol. The molecule has 3 rings (SSSR count). The van der Waals surface area contributed by atoms with Crippen molar-refractivity contribution in [1.29, 1.82) is 0 Å². The lowest BCUT2D eigenvalue weighted by atomic mass is 10.1. The molecule has 0 aliphatic carbocycles. The number of para-hydroxylation sites is 1. The third-order valence-corrected chi connectivity index (χ3v) is 3.53. The van der Waals surface area contributed by atoms with Gasteiger partial charge in [-0.25, -0.2) is 0 Å². The fraction of sp³-hybridized carbons (Fsp3) is 0.500. The van der Waals surface area contributed by atoms with Gasteiger partial charge in [-0.2, -0.15) is 0 Å². The Morgan fingerprint density at radius 2 is 2.00 bits per heavy atom. The van der Waals surface area contributed by atoms with Crippen molar-refractivity contribution in [2.45, 2.75) is 12.5 Å². The summed E-state index contributed by atoms with van der Waals surface area (Å²) in [5.41, 5.74) is 1.39. The lowest BCUT2D eigenvalue weighted by Crippen LogP contribution is -2.33. The van der Waals surface area contributed by atoms with E-state index in [1.54, 1.807) is 0 Å². The van der Waals surface area contributed by atoms with Crippen molar-refractivity contribution in [3.8, 4) is 0 Å². The van der Waals surface area contributed by atoms with Gasteiger partial charge in [-0.05, 0) is 24.5 Å². The maximum Gasteiger partial charge on any atom is 0.0455 e. The molecule has 2 aliphatic heterocycles. The molecule has 2 nitrogen and oxygen atoms in total. The molecule has 0 unspecified atom stereocenters. The van der Waals surface area contributed by atoms with Crippen LogP contribution >= 0.6 is 0 Å². The van der Waals surface area contributed by atoms with Gasteiger partial charge in [-0.3, -0.25) is 0 Å². The van der Waals surface area contributed by atoms with Crippen molar-refractivity contribution in [3.05, 3.63) is 30.3 Å². The largest absolute Gasteiger partial charge is 0.367 e. The van der Waals surface area contributed by atoms with Gasteiger partial charge in [-0.1, -0.05) is 18.2 Å². The van der Waals surface area contributed by atoms with Crippen molar-refractivity contribution in [1.82, 2.24) is 5.32 Å². The molecule has 2 heteroatoms. The molecule has 74 valence electrons. The number of nitrogens with one attached hydrogen (secondary N) is 1. The number of fused-ring (bicyclic) bond motifs is 1. The minimum Gasteiger partial charge on any atom is -0.367 e. The summed E-state index contributed by atoms with van der Waals surface area (Å²) in [6.07, 6.45) is 1.35. The molecule has 0 saturated carbocycles. The number of rotatable bonds is 1. The van der Waals surface area contributed by atoms with Gasteiger partial charge >= 0.3 is 0 Å². The first kappa shape index (κ1) is 8.30. The monoisotopic (exact) mass is 188 g/mol. The standard InChI is InChI=1S/C12H16N2/c1-2-4-11(5-3-1)14-7-6-10-8-13-9-12(10)14/h1-5,10,12-13H,6-9H2/t10-,12-/m0/s1. The molecule has 1 aromatic rings. The van der Waals surface area contributed by atoms with E-state index >= 15 is 0 Å². The Labute approximate surface area is 84.9 Å². The Morgan fingerprint density at radius 1 is 1.14 bits per heavy atom. The average molecular weight is 188 g/mol. The Balaban J connectivity index is 1.86. The van der Waals surface area contributed by atoms with Crippen molar-refractivity contribution in [3.63, 3.8) is 0 Å². The molecule has 2 fully saturated rings. The van der Waals surface area contributed by atoms with Crippen LogP contribution in [0.5, 0.6) is 0 Å². The zero-order chi connectivity index (χ0) is 9.38. The molecule has 2 atom stereocenters. The van der Waals surface area contributed by atoms with Crippen molar-refractivity contribution < 1.29 is 0 Å². The van der Waals surface area contributed by atoms with Crippen LogP contribution in [0.25, 0.3) is 0 Å². The summed E-state index contributed by atoms with van der Waals surface area (Å²) in [5, 5.41) is 3.48. The fourth-order valence-corrected chi connectivity index (χ4v) is 2.79. The molecule has 2 aliphatic rings. The van der Waals surface area contributed by atoms with Crippen LogP contribution in [0.1, 0.15) is 6.42 Å². The van der Waals surface area contributed by atoms with Crippen LogP contribution in [0.2, 0.25) is 0 Å². The highest BCUT2D eigenvalue weighted by molar-refractivity contribution is 5.48. The average Bonchev–Trinajstić information content (AvgIpc) is 2.79. The zero-order valence-corrected chi connectivity index (χ0v) is 8.32. The van der Waals surface area contributed by atoms with E-state index in [9.17, 15) is 0 Å². The number of benzene rings is 1. The molecule has 1 aromatic carbocycles. The second-order valence-electron chi connectivity index (χ2n) is 4.30. The molecule has 0 radical (unpaired) electrons. The summed E-state index contributed by atoms with van der Waals surface area (Å²) in [5.74, 6) is 0.884. The summed E-state index contributed by atoms with van der Waals surface area (Å²) in [4.78, 5) is 2.56. The molecule has 0 aromatic heterocycles. The molecular formula is C12H16N2. The number of anilines is 1. The highest BCUT2D eigenvalue weighted by Gasteiger charge is 2.37. The van der Waals surface area contributed by atoms with Crippen LogP contribution < -0.4 is 10.2 Å². The summed E-state index contributed by atoms with van der Waals surface area (Å²) in [6.45, 7) is 3.62. The van der Waals surface area contributed by atoms with Crippen LogP contribution in [0.3, 0.4) is 0 Å². The SMILES string of the molecule is c1ccc(N2CC[C@H]3CNC[C@@H]32)cc1. The second kappa shape index (κ2) is 3.28. The van der Waals surface area contributed by atoms with Gasteiger partial charge in [0.15, 0.2) is 0 Å². The molecule has 1 N–H and O–H groups in total. The van der Waals surface area contributed by atoms with Crippen LogP contribution in [0.4, 0.5) is 5.69 Å². The van der Waals surface area contributed by atoms with Gasteiger partial charge < -0.3 is 10.2 Å². The van der Waals surface area contributed by atoms with Crippen molar-refractivity contribution >= 4 is 5.69 Å². The molecule has 0 amide bonds. The highest BCUT2D eigenvalue weighted by Crippen LogP contribution is 2.31. The van der Waals surface area contributed by atoms with Crippen molar-refractivity contribution in [2.75, 3.05) is 24.5 Å². The van der Waals surface area contributed by atoms with Gasteiger partial charge in [0.05, 0.1) is 0 Å². The van der Waals surface area contributed by atoms with Crippen LogP contribution in [-0.4, -0.2) is 25.7 Å². The van der Waals surface area contributed by atoms with Crippen LogP contribution in [0, 0.1) is 5.92 Å². The topological polar surface area (TPSA) is 15.3 Å². The van der Waals surface area contributed by atoms with Crippen LogP contribution in [0.15, 0.2) is 30.3 Å². The maximum absolute atomic E-state index is 3.48. The third-order valence-electron chi connectivity index (χ3n) is 3.53. The van der Waals surface area contributed by atoms with E-state index in [4.69, 9.17) is 0 Å². The first-order valence-corrected chi connectivity index (χ1v) is 5.47. The van der Waals surface area contributed by atoms with Gasteiger partial charge in [0, 0.05) is 31.4 Å². The normalized spacial score (nSPS) is 30.7. The second-order valence-corrected chi connectivity index (χ2v) is 4.30. The van der Waals surface area contributed by atoms with Gasteiger partial charge in [0.25, 0.3) is 0 Å². The fourth-order valence-electron chi connectivity index (χ4n) is 2.79. The van der Waals surface area contributed by atoms with Gasteiger partial charge in [0.1, 0.15) is 0 Å². The van der Waals surface area contributed by atoms with E-state index in [2.05, 4.69) is 40.5 Å². The van der Waals surface area contributed by atoms with Crippen molar-refractivity contribution in [2.24, 2.45) is 5.92 Å². The molecule has 14 heavy (non-hydrogen) atoms. The summed E-state index contributed by atoms with van der Waals surface area (Å²) in [6, 6.07) is 11.5.